The predicted molar refractivity (Wildman–Crippen MR) is 171 cm³/mol. The molecule has 7 aromatic carbocycles. The molecule has 182 valence electrons. The lowest BCUT2D eigenvalue weighted by Crippen LogP contribution is -1.85. The largest absolute Gasteiger partial charge is 0.135 e. The molecule has 39 heavy (non-hydrogen) atoms. The second kappa shape index (κ2) is 8.94. The normalized spacial score (nSPS) is 11.6. The van der Waals surface area contributed by atoms with E-state index in [2.05, 4.69) is 146 Å². The highest BCUT2D eigenvalue weighted by Gasteiger charge is 2.11. The maximum absolute atomic E-state index is 2.33. The molecule has 0 amide bonds. The first-order chi connectivity index (χ1) is 19.3. The van der Waals surface area contributed by atoms with Gasteiger partial charge in [0.1, 0.15) is 0 Å². The van der Waals surface area contributed by atoms with E-state index in [0.29, 0.717) is 0 Å². The molecule has 1 heterocycles. The van der Waals surface area contributed by atoms with Crippen LogP contribution in [0.2, 0.25) is 0 Å². The Hall–Kier alpha value is -4.72. The molecule has 0 unspecified atom stereocenters. The van der Waals surface area contributed by atoms with Gasteiger partial charge in [-0.3, -0.25) is 0 Å². The second-order valence-electron chi connectivity index (χ2n) is 10.2. The average molecular weight is 513 g/mol. The molecule has 0 radical (unpaired) electrons. The Labute approximate surface area is 231 Å². The van der Waals surface area contributed by atoms with E-state index < -0.39 is 0 Å². The standard InChI is InChI=1S/C38H24S/c1-4-10-32-25(7-1)13-18-30-24-31(19-20-33(30)32)37-22-21-36(39-37)26-14-16-27(17-15-26)38-34-11-5-2-8-28(34)23-29-9-3-6-12-35(29)38/h1-24H. The molecule has 0 aliphatic heterocycles. The molecule has 8 rings (SSSR count). The number of hydrogen-bond donors (Lipinski definition) is 0. The fraction of sp³-hybridized carbons (Fsp3) is 0. The smallest absolute Gasteiger partial charge is 0.0349 e. The molecule has 0 N–H and O–H groups in total. The minimum absolute atomic E-state index is 1.25. The molecule has 0 saturated carbocycles. The van der Waals surface area contributed by atoms with E-state index in [1.807, 2.05) is 11.3 Å². The van der Waals surface area contributed by atoms with Crippen molar-refractivity contribution in [3.05, 3.63) is 146 Å². The van der Waals surface area contributed by atoms with Crippen LogP contribution in [0.1, 0.15) is 0 Å². The van der Waals surface area contributed by atoms with Crippen LogP contribution in [0.5, 0.6) is 0 Å². The highest BCUT2D eigenvalue weighted by atomic mass is 32.1. The van der Waals surface area contributed by atoms with Gasteiger partial charge in [-0.05, 0) is 89.6 Å². The fourth-order valence-electron chi connectivity index (χ4n) is 5.94. The van der Waals surface area contributed by atoms with Crippen molar-refractivity contribution in [1.82, 2.24) is 0 Å². The van der Waals surface area contributed by atoms with Crippen LogP contribution in [0.15, 0.2) is 146 Å². The van der Waals surface area contributed by atoms with Gasteiger partial charge in [0.25, 0.3) is 0 Å². The summed E-state index contributed by atoms with van der Waals surface area (Å²) in [6.07, 6.45) is 0. The van der Waals surface area contributed by atoms with Crippen molar-refractivity contribution >= 4 is 54.4 Å². The number of benzene rings is 7. The van der Waals surface area contributed by atoms with Crippen LogP contribution in [0.4, 0.5) is 0 Å². The van der Waals surface area contributed by atoms with Crippen LogP contribution >= 0.6 is 11.3 Å². The SMILES string of the molecule is c1ccc2c(-c3ccc(-c4ccc(-c5ccc6c(ccc7ccccc76)c5)s4)cc3)c3ccccc3cc2c1. The Morgan fingerprint density at radius 2 is 0.795 bits per heavy atom. The number of thiophene rings is 1. The third-order valence-corrected chi connectivity index (χ3v) is 9.05. The summed E-state index contributed by atoms with van der Waals surface area (Å²) >= 11 is 1.86. The van der Waals surface area contributed by atoms with Gasteiger partial charge in [0.05, 0.1) is 0 Å². The van der Waals surface area contributed by atoms with E-state index in [1.54, 1.807) is 0 Å². The van der Waals surface area contributed by atoms with Crippen molar-refractivity contribution in [2.45, 2.75) is 0 Å². The lowest BCUT2D eigenvalue weighted by Gasteiger charge is -2.12. The first-order valence-corrected chi connectivity index (χ1v) is 14.2. The van der Waals surface area contributed by atoms with E-state index in [-0.39, 0.29) is 0 Å². The van der Waals surface area contributed by atoms with Crippen LogP contribution in [0.25, 0.3) is 75.1 Å². The van der Waals surface area contributed by atoms with Gasteiger partial charge >= 0.3 is 0 Å². The van der Waals surface area contributed by atoms with Crippen LogP contribution in [-0.4, -0.2) is 0 Å². The molecule has 0 aliphatic carbocycles. The number of fused-ring (bicyclic) bond motifs is 5. The van der Waals surface area contributed by atoms with E-state index in [9.17, 15) is 0 Å². The molecule has 0 atom stereocenters. The van der Waals surface area contributed by atoms with Gasteiger partial charge in [-0.1, -0.05) is 121 Å². The van der Waals surface area contributed by atoms with Gasteiger partial charge in [-0.15, -0.1) is 11.3 Å². The van der Waals surface area contributed by atoms with Crippen molar-refractivity contribution in [2.75, 3.05) is 0 Å². The van der Waals surface area contributed by atoms with Gasteiger partial charge in [0, 0.05) is 9.75 Å². The molecule has 0 aliphatic rings. The summed E-state index contributed by atoms with van der Waals surface area (Å²) in [7, 11) is 0. The van der Waals surface area contributed by atoms with Crippen LogP contribution < -0.4 is 0 Å². The fourth-order valence-corrected chi connectivity index (χ4v) is 6.95. The Kier molecular flexibility index (Phi) is 5.11. The lowest BCUT2D eigenvalue weighted by atomic mass is 9.91. The Morgan fingerprint density at radius 1 is 0.308 bits per heavy atom. The maximum atomic E-state index is 2.33. The van der Waals surface area contributed by atoms with E-state index in [4.69, 9.17) is 0 Å². The summed E-state index contributed by atoms with van der Waals surface area (Å²) in [5.74, 6) is 0. The third-order valence-electron chi connectivity index (χ3n) is 7.86. The summed E-state index contributed by atoms with van der Waals surface area (Å²) in [6, 6.07) is 53.3. The summed E-state index contributed by atoms with van der Waals surface area (Å²) in [6.45, 7) is 0. The third kappa shape index (κ3) is 3.74. The topological polar surface area (TPSA) is 0 Å². The Bertz CT molecular complexity index is 2110. The van der Waals surface area contributed by atoms with Crippen molar-refractivity contribution in [2.24, 2.45) is 0 Å². The van der Waals surface area contributed by atoms with Gasteiger partial charge in [0.15, 0.2) is 0 Å². The summed E-state index contributed by atoms with van der Waals surface area (Å²) in [5.41, 5.74) is 5.09. The highest BCUT2D eigenvalue weighted by molar-refractivity contribution is 7.18. The van der Waals surface area contributed by atoms with Gasteiger partial charge in [0.2, 0.25) is 0 Å². The molecule has 0 nitrogen and oxygen atoms in total. The second-order valence-corrected chi connectivity index (χ2v) is 11.2. The van der Waals surface area contributed by atoms with Crippen molar-refractivity contribution in [3.8, 4) is 32.0 Å². The molecule has 0 spiro atoms. The molecular weight excluding hydrogens is 488 g/mol. The number of hydrogen-bond acceptors (Lipinski definition) is 1. The zero-order chi connectivity index (χ0) is 25.8. The molecule has 8 aromatic rings. The van der Waals surface area contributed by atoms with E-state index in [1.165, 1.54) is 75.1 Å². The summed E-state index contributed by atoms with van der Waals surface area (Å²) in [5, 5.41) is 10.3. The molecule has 1 aromatic heterocycles. The van der Waals surface area contributed by atoms with Crippen LogP contribution in [0, 0.1) is 0 Å². The molecule has 0 saturated heterocycles. The summed E-state index contributed by atoms with van der Waals surface area (Å²) in [4.78, 5) is 2.59. The van der Waals surface area contributed by atoms with Gasteiger partial charge in [-0.2, -0.15) is 0 Å². The van der Waals surface area contributed by atoms with Crippen LogP contribution in [-0.2, 0) is 0 Å². The van der Waals surface area contributed by atoms with Gasteiger partial charge in [-0.25, -0.2) is 0 Å². The molecule has 1 heteroatoms. The van der Waals surface area contributed by atoms with Crippen LogP contribution in [0.3, 0.4) is 0 Å². The molecule has 0 bridgehead atoms. The minimum Gasteiger partial charge on any atom is -0.135 e. The quantitative estimate of drug-likeness (QED) is 0.163. The predicted octanol–water partition coefficient (Wildman–Crippen LogP) is 11.4. The highest BCUT2D eigenvalue weighted by Crippen LogP contribution is 2.40. The van der Waals surface area contributed by atoms with E-state index in [0.717, 1.165) is 0 Å². The Balaban J connectivity index is 1.17. The minimum atomic E-state index is 1.25. The number of rotatable bonds is 3. The maximum Gasteiger partial charge on any atom is 0.0349 e. The van der Waals surface area contributed by atoms with Crippen molar-refractivity contribution in [3.63, 3.8) is 0 Å². The monoisotopic (exact) mass is 512 g/mol. The van der Waals surface area contributed by atoms with Crippen molar-refractivity contribution in [1.29, 1.82) is 0 Å². The average Bonchev–Trinajstić information content (AvgIpc) is 3.50. The Morgan fingerprint density at radius 3 is 1.51 bits per heavy atom. The van der Waals surface area contributed by atoms with Gasteiger partial charge < -0.3 is 0 Å². The molecular formula is C38H24S. The lowest BCUT2D eigenvalue weighted by molar-refractivity contribution is 1.66. The van der Waals surface area contributed by atoms with E-state index >= 15 is 0 Å². The first-order valence-electron chi connectivity index (χ1n) is 13.3. The zero-order valence-corrected chi connectivity index (χ0v) is 22.1. The first kappa shape index (κ1) is 22.3. The van der Waals surface area contributed by atoms with Crippen molar-refractivity contribution < 1.29 is 0 Å². The molecule has 0 fully saturated rings. The zero-order valence-electron chi connectivity index (χ0n) is 21.3. The summed E-state index contributed by atoms with van der Waals surface area (Å²) < 4.78 is 0.